The molecule has 0 spiro atoms. The Balaban J connectivity index is 1.38. The molecule has 0 bridgehead atoms. The summed E-state index contributed by atoms with van der Waals surface area (Å²) < 4.78 is 5.69. The highest BCUT2D eigenvalue weighted by Crippen LogP contribution is 2.29. The van der Waals surface area contributed by atoms with Gasteiger partial charge in [-0.15, -0.1) is 0 Å². The van der Waals surface area contributed by atoms with Crippen molar-refractivity contribution in [1.82, 2.24) is 0 Å². The number of ketones is 1. The van der Waals surface area contributed by atoms with Gasteiger partial charge >= 0.3 is 5.97 Å². The van der Waals surface area contributed by atoms with Crippen LogP contribution in [0.15, 0.2) is 103 Å². The fraction of sp³-hybridized carbons (Fsp3) is 0.0667. The first kappa shape index (κ1) is 22.9. The number of amides is 2. The summed E-state index contributed by atoms with van der Waals surface area (Å²) in [6, 6.07) is 28.5. The molecule has 6 nitrogen and oxygen atoms in total. The fourth-order valence-electron chi connectivity index (χ4n) is 4.12. The first-order valence-corrected chi connectivity index (χ1v) is 11.4. The zero-order chi connectivity index (χ0) is 25.2. The normalized spacial score (nSPS) is 13.3. The summed E-state index contributed by atoms with van der Waals surface area (Å²) in [5.41, 5.74) is 3.21. The first-order valence-electron chi connectivity index (χ1n) is 11.4. The smallest absolute Gasteiger partial charge is 0.339 e. The number of carbonyl (C=O) groups excluding carboxylic acids is 4. The minimum absolute atomic E-state index is 0.188. The van der Waals surface area contributed by atoms with Crippen molar-refractivity contribution in [3.63, 3.8) is 0 Å². The van der Waals surface area contributed by atoms with Crippen LogP contribution in [-0.4, -0.2) is 23.6 Å². The summed E-state index contributed by atoms with van der Waals surface area (Å²) >= 11 is 0. The molecule has 2 amide bonds. The molecular formula is C30H21NO5. The van der Waals surface area contributed by atoms with Crippen LogP contribution < -0.4 is 4.90 Å². The third kappa shape index (κ3) is 4.20. The van der Waals surface area contributed by atoms with Gasteiger partial charge in [0.2, 0.25) is 5.78 Å². The molecule has 5 rings (SSSR count). The number of Topliss-reactive ketones (excluding diaryl/α,β-unsaturated/α-hetero) is 1. The van der Waals surface area contributed by atoms with Crippen molar-refractivity contribution in [2.75, 3.05) is 4.90 Å². The Morgan fingerprint density at radius 2 is 1.19 bits per heavy atom. The van der Waals surface area contributed by atoms with Gasteiger partial charge in [-0.25, -0.2) is 9.69 Å². The number of hydrogen-bond donors (Lipinski definition) is 0. The minimum atomic E-state index is -1.13. The van der Waals surface area contributed by atoms with Crippen LogP contribution in [0.3, 0.4) is 0 Å². The summed E-state index contributed by atoms with van der Waals surface area (Å²) in [4.78, 5) is 52.9. The molecule has 0 fully saturated rings. The van der Waals surface area contributed by atoms with Crippen molar-refractivity contribution in [3.05, 3.63) is 137 Å². The van der Waals surface area contributed by atoms with Gasteiger partial charge in [-0.05, 0) is 43.3 Å². The number of benzene rings is 4. The van der Waals surface area contributed by atoms with E-state index in [0.717, 1.165) is 10.5 Å². The second-order valence-electron chi connectivity index (χ2n) is 8.46. The second kappa shape index (κ2) is 9.43. The SMILES string of the molecule is Cc1ccc(C(=O)[C@@H](OC(=O)c2ccc(N3C(=O)c4ccccc4C3=O)cc2)c2ccccc2)cc1. The Labute approximate surface area is 207 Å². The fourth-order valence-corrected chi connectivity index (χ4v) is 4.12. The van der Waals surface area contributed by atoms with Crippen molar-refractivity contribution >= 4 is 29.3 Å². The topological polar surface area (TPSA) is 80.8 Å². The lowest BCUT2D eigenvalue weighted by Gasteiger charge is -2.18. The van der Waals surface area contributed by atoms with Gasteiger partial charge < -0.3 is 4.74 Å². The zero-order valence-electron chi connectivity index (χ0n) is 19.4. The van der Waals surface area contributed by atoms with Crippen molar-refractivity contribution in [2.24, 2.45) is 0 Å². The standard InChI is InChI=1S/C30H21NO5/c1-19-11-13-20(14-12-19)26(32)27(21-7-3-2-4-8-21)36-30(35)22-15-17-23(18-16-22)31-28(33)24-9-5-6-10-25(24)29(31)34/h2-18,27H,1H3/t27-/m0/s1. The second-order valence-corrected chi connectivity index (χ2v) is 8.46. The van der Waals surface area contributed by atoms with Crippen LogP contribution in [0.5, 0.6) is 0 Å². The minimum Gasteiger partial charge on any atom is -0.445 e. The number of hydrogen-bond acceptors (Lipinski definition) is 5. The molecule has 1 heterocycles. The summed E-state index contributed by atoms with van der Waals surface area (Å²) in [7, 11) is 0. The number of rotatable bonds is 6. The number of anilines is 1. The molecular weight excluding hydrogens is 454 g/mol. The highest BCUT2D eigenvalue weighted by Gasteiger charge is 2.36. The number of esters is 1. The van der Waals surface area contributed by atoms with Crippen molar-refractivity contribution in [3.8, 4) is 0 Å². The summed E-state index contributed by atoms with van der Waals surface area (Å²) in [5.74, 6) is -1.87. The predicted molar refractivity (Wildman–Crippen MR) is 134 cm³/mol. The Morgan fingerprint density at radius 3 is 1.78 bits per heavy atom. The van der Waals surface area contributed by atoms with Gasteiger partial charge in [0.1, 0.15) is 0 Å². The lowest BCUT2D eigenvalue weighted by atomic mass is 9.99. The summed E-state index contributed by atoms with van der Waals surface area (Å²) in [6.45, 7) is 1.93. The molecule has 4 aromatic rings. The molecule has 0 unspecified atom stereocenters. The van der Waals surface area contributed by atoms with Crippen molar-refractivity contribution in [2.45, 2.75) is 13.0 Å². The predicted octanol–water partition coefficient (Wildman–Crippen LogP) is 5.58. The average molecular weight is 476 g/mol. The van der Waals surface area contributed by atoms with E-state index in [4.69, 9.17) is 4.74 Å². The molecule has 0 aromatic heterocycles. The molecule has 0 radical (unpaired) electrons. The van der Waals surface area contributed by atoms with Gasteiger partial charge in [0, 0.05) is 11.1 Å². The van der Waals surface area contributed by atoms with E-state index in [-0.39, 0.29) is 11.3 Å². The van der Waals surface area contributed by atoms with Crippen molar-refractivity contribution in [1.29, 1.82) is 0 Å². The Hall–Kier alpha value is -4.84. The summed E-state index contributed by atoms with van der Waals surface area (Å²) in [6.07, 6.45) is -1.13. The molecule has 0 aliphatic carbocycles. The van der Waals surface area contributed by atoms with Crippen LogP contribution in [0.1, 0.15) is 58.7 Å². The van der Waals surface area contributed by atoms with Crippen LogP contribution in [0, 0.1) is 6.92 Å². The average Bonchev–Trinajstić information content (AvgIpc) is 3.17. The van der Waals surface area contributed by atoms with E-state index in [1.54, 1.807) is 60.7 Å². The summed E-state index contributed by atoms with van der Waals surface area (Å²) in [5, 5.41) is 0. The number of carbonyl (C=O) groups is 4. The molecule has 1 atom stereocenters. The Morgan fingerprint density at radius 1 is 0.667 bits per heavy atom. The molecule has 0 saturated carbocycles. The molecule has 176 valence electrons. The van der Waals surface area contributed by atoms with E-state index in [1.807, 2.05) is 25.1 Å². The Kier molecular flexibility index (Phi) is 6.00. The third-order valence-corrected chi connectivity index (χ3v) is 6.06. The highest BCUT2D eigenvalue weighted by atomic mass is 16.5. The molecule has 1 aliphatic heterocycles. The van der Waals surface area contributed by atoms with E-state index >= 15 is 0 Å². The maximum absolute atomic E-state index is 13.3. The molecule has 6 heteroatoms. The number of imide groups is 1. The monoisotopic (exact) mass is 475 g/mol. The van der Waals surface area contributed by atoms with Gasteiger partial charge in [-0.2, -0.15) is 0 Å². The first-order chi connectivity index (χ1) is 17.4. The largest absolute Gasteiger partial charge is 0.445 e. The number of fused-ring (bicyclic) bond motifs is 1. The lowest BCUT2D eigenvalue weighted by Crippen LogP contribution is -2.29. The highest BCUT2D eigenvalue weighted by molar-refractivity contribution is 6.34. The molecule has 36 heavy (non-hydrogen) atoms. The van der Waals surface area contributed by atoms with Crippen LogP contribution >= 0.6 is 0 Å². The van der Waals surface area contributed by atoms with Crippen molar-refractivity contribution < 1.29 is 23.9 Å². The van der Waals surface area contributed by atoms with Gasteiger partial charge in [0.25, 0.3) is 11.8 Å². The number of nitrogens with zero attached hydrogens (tertiary/aromatic N) is 1. The van der Waals surface area contributed by atoms with Crippen LogP contribution in [-0.2, 0) is 4.74 Å². The van der Waals surface area contributed by atoms with Gasteiger partial charge in [-0.3, -0.25) is 14.4 Å². The maximum Gasteiger partial charge on any atom is 0.339 e. The molecule has 0 N–H and O–H groups in total. The van der Waals surface area contributed by atoms with Gasteiger partial charge in [-0.1, -0.05) is 72.3 Å². The van der Waals surface area contributed by atoms with E-state index < -0.39 is 23.9 Å². The van der Waals surface area contributed by atoms with Gasteiger partial charge in [0.05, 0.1) is 22.4 Å². The van der Waals surface area contributed by atoms with Crippen LogP contribution in [0.4, 0.5) is 5.69 Å². The van der Waals surface area contributed by atoms with E-state index in [9.17, 15) is 19.2 Å². The van der Waals surface area contributed by atoms with Crippen LogP contribution in [0.25, 0.3) is 0 Å². The molecule has 4 aromatic carbocycles. The van der Waals surface area contributed by atoms with E-state index in [2.05, 4.69) is 0 Å². The Bertz CT molecular complexity index is 1440. The lowest BCUT2D eigenvalue weighted by molar-refractivity contribution is 0.0280. The number of aryl methyl sites for hydroxylation is 1. The number of ether oxygens (including phenoxy) is 1. The third-order valence-electron chi connectivity index (χ3n) is 6.06. The quantitative estimate of drug-likeness (QED) is 0.207. The zero-order valence-corrected chi connectivity index (χ0v) is 19.4. The molecule has 1 aliphatic rings. The maximum atomic E-state index is 13.3. The van der Waals surface area contributed by atoms with Gasteiger partial charge in [0.15, 0.2) is 6.10 Å². The van der Waals surface area contributed by atoms with E-state index in [0.29, 0.717) is 27.9 Å². The van der Waals surface area contributed by atoms with Crippen LogP contribution in [0.2, 0.25) is 0 Å². The van der Waals surface area contributed by atoms with E-state index in [1.165, 1.54) is 24.3 Å². The molecule has 0 saturated heterocycles.